The van der Waals surface area contributed by atoms with Crippen molar-refractivity contribution in [2.75, 3.05) is 24.5 Å². The third-order valence-corrected chi connectivity index (χ3v) is 5.18. The van der Waals surface area contributed by atoms with Gasteiger partial charge in [0, 0.05) is 30.8 Å². The molecule has 146 valence electrons. The molecule has 1 saturated carbocycles. The van der Waals surface area contributed by atoms with E-state index in [4.69, 9.17) is 5.11 Å². The number of carbonyl (C=O) groups is 2. The second kappa shape index (κ2) is 7.54. The number of aliphatic carboxylic acids is 1. The first-order valence-corrected chi connectivity index (χ1v) is 9.32. The fourth-order valence-electron chi connectivity index (χ4n) is 3.99. The van der Waals surface area contributed by atoms with Crippen molar-refractivity contribution < 1.29 is 19.6 Å². The largest absolute Gasteiger partial charge is 0.480 e. The summed E-state index contributed by atoms with van der Waals surface area (Å²) in [6.45, 7) is 5.36. The summed E-state index contributed by atoms with van der Waals surface area (Å²) in [5, 5.41) is 20.7. The zero-order valence-electron chi connectivity index (χ0n) is 15.6. The predicted octanol–water partition coefficient (Wildman–Crippen LogP) is 2.77. The summed E-state index contributed by atoms with van der Waals surface area (Å²) in [7, 11) is 0. The van der Waals surface area contributed by atoms with Gasteiger partial charge in [0.1, 0.15) is 12.2 Å². The average Bonchev–Trinajstić information content (AvgIpc) is 3.42. The van der Waals surface area contributed by atoms with Gasteiger partial charge in [-0.1, -0.05) is 13.8 Å². The normalized spacial score (nSPS) is 22.4. The van der Waals surface area contributed by atoms with Crippen LogP contribution in [0.5, 0.6) is 0 Å². The zero-order chi connectivity index (χ0) is 19.7. The van der Waals surface area contributed by atoms with E-state index in [1.807, 2.05) is 4.90 Å². The maximum absolute atomic E-state index is 12.8. The Kier molecular flexibility index (Phi) is 5.34. The third kappa shape index (κ3) is 4.37. The van der Waals surface area contributed by atoms with Crippen molar-refractivity contribution in [2.45, 2.75) is 39.2 Å². The fourth-order valence-corrected chi connectivity index (χ4v) is 3.99. The van der Waals surface area contributed by atoms with Crippen molar-refractivity contribution in [3.05, 3.63) is 33.9 Å². The second-order valence-corrected chi connectivity index (χ2v) is 7.87. The van der Waals surface area contributed by atoms with Crippen molar-refractivity contribution in [3.63, 3.8) is 0 Å². The SMILES string of the molecule is CC1CC(C)CN(c2ccc(C(=O)N(CC(=O)O)C3CC3)cc2[N+](=O)[O-])C1. The number of hydrogen-bond acceptors (Lipinski definition) is 5. The first-order chi connectivity index (χ1) is 12.8. The highest BCUT2D eigenvalue weighted by Crippen LogP contribution is 2.35. The van der Waals surface area contributed by atoms with Crippen molar-refractivity contribution in [1.29, 1.82) is 0 Å². The molecule has 3 rings (SSSR count). The number of carbonyl (C=O) groups excluding carboxylic acids is 1. The molecule has 1 aliphatic heterocycles. The monoisotopic (exact) mass is 375 g/mol. The lowest BCUT2D eigenvalue weighted by molar-refractivity contribution is -0.384. The molecule has 1 amide bonds. The molecule has 1 aliphatic carbocycles. The molecular weight excluding hydrogens is 350 g/mol. The van der Waals surface area contributed by atoms with E-state index in [0.717, 1.165) is 32.4 Å². The number of carboxylic acid groups (broad SMARTS) is 1. The number of nitro benzene ring substituents is 1. The van der Waals surface area contributed by atoms with Crippen molar-refractivity contribution in [1.82, 2.24) is 4.90 Å². The molecule has 1 saturated heterocycles. The van der Waals surface area contributed by atoms with E-state index in [-0.39, 0.29) is 23.8 Å². The summed E-state index contributed by atoms with van der Waals surface area (Å²) in [5.41, 5.74) is 0.580. The highest BCUT2D eigenvalue weighted by atomic mass is 16.6. The Morgan fingerprint density at radius 2 is 1.89 bits per heavy atom. The van der Waals surface area contributed by atoms with Crippen LogP contribution in [0.2, 0.25) is 0 Å². The smallest absolute Gasteiger partial charge is 0.323 e. The first-order valence-electron chi connectivity index (χ1n) is 9.32. The van der Waals surface area contributed by atoms with Crippen LogP contribution in [-0.4, -0.2) is 52.5 Å². The highest BCUT2D eigenvalue weighted by molar-refractivity contribution is 5.97. The van der Waals surface area contributed by atoms with Crippen LogP contribution in [0.15, 0.2) is 18.2 Å². The van der Waals surface area contributed by atoms with Crippen LogP contribution in [-0.2, 0) is 4.79 Å². The number of nitrogens with zero attached hydrogens (tertiary/aromatic N) is 3. The second-order valence-electron chi connectivity index (χ2n) is 7.87. The van der Waals surface area contributed by atoms with Gasteiger partial charge < -0.3 is 14.9 Å². The minimum absolute atomic E-state index is 0.0869. The molecule has 1 N–H and O–H groups in total. The Hall–Kier alpha value is -2.64. The molecule has 8 nitrogen and oxygen atoms in total. The van der Waals surface area contributed by atoms with Gasteiger partial charge in [-0.2, -0.15) is 0 Å². The topological polar surface area (TPSA) is 104 Å². The highest BCUT2D eigenvalue weighted by Gasteiger charge is 2.35. The van der Waals surface area contributed by atoms with Gasteiger partial charge in [-0.15, -0.1) is 0 Å². The average molecular weight is 375 g/mol. The van der Waals surface area contributed by atoms with E-state index in [9.17, 15) is 19.7 Å². The lowest BCUT2D eigenvalue weighted by atomic mass is 9.91. The molecule has 2 atom stereocenters. The molecule has 27 heavy (non-hydrogen) atoms. The van der Waals surface area contributed by atoms with E-state index < -0.39 is 16.8 Å². The van der Waals surface area contributed by atoms with Crippen molar-refractivity contribution >= 4 is 23.3 Å². The summed E-state index contributed by atoms with van der Waals surface area (Å²) < 4.78 is 0. The Morgan fingerprint density at radius 1 is 1.26 bits per heavy atom. The summed E-state index contributed by atoms with van der Waals surface area (Å²) >= 11 is 0. The molecule has 8 heteroatoms. The fraction of sp³-hybridized carbons (Fsp3) is 0.579. The molecule has 0 spiro atoms. The number of rotatable bonds is 6. The van der Waals surface area contributed by atoms with Crippen LogP contribution in [0.25, 0.3) is 0 Å². The van der Waals surface area contributed by atoms with Crippen LogP contribution in [0.3, 0.4) is 0 Å². The number of amides is 1. The van der Waals surface area contributed by atoms with Gasteiger partial charge in [0.25, 0.3) is 11.6 Å². The van der Waals surface area contributed by atoms with E-state index >= 15 is 0 Å². The molecule has 1 heterocycles. The molecule has 0 radical (unpaired) electrons. The van der Waals surface area contributed by atoms with Crippen LogP contribution in [0, 0.1) is 22.0 Å². The number of carboxylic acids is 1. The predicted molar refractivity (Wildman–Crippen MR) is 99.9 cm³/mol. The summed E-state index contributed by atoms with van der Waals surface area (Å²) in [6, 6.07) is 4.41. The molecule has 2 unspecified atom stereocenters. The van der Waals surface area contributed by atoms with E-state index in [1.54, 1.807) is 12.1 Å². The minimum Gasteiger partial charge on any atom is -0.480 e. The van der Waals surface area contributed by atoms with Gasteiger partial charge in [0.05, 0.1) is 4.92 Å². The van der Waals surface area contributed by atoms with E-state index in [1.165, 1.54) is 11.0 Å². The molecule has 1 aromatic carbocycles. The quantitative estimate of drug-likeness (QED) is 0.606. The van der Waals surface area contributed by atoms with E-state index in [2.05, 4.69) is 13.8 Å². The molecular formula is C19H25N3O5. The summed E-state index contributed by atoms with van der Waals surface area (Å²) in [4.78, 5) is 38.3. The molecule has 1 aromatic rings. The van der Waals surface area contributed by atoms with E-state index in [0.29, 0.717) is 17.5 Å². The van der Waals surface area contributed by atoms with Gasteiger partial charge in [-0.05, 0) is 43.2 Å². The van der Waals surface area contributed by atoms with Crippen molar-refractivity contribution in [2.24, 2.45) is 11.8 Å². The van der Waals surface area contributed by atoms with Crippen LogP contribution >= 0.6 is 0 Å². The van der Waals surface area contributed by atoms with Gasteiger partial charge >= 0.3 is 5.97 Å². The number of hydrogen-bond donors (Lipinski definition) is 1. The summed E-state index contributed by atoms with van der Waals surface area (Å²) in [6.07, 6.45) is 2.62. The molecule has 0 bridgehead atoms. The number of anilines is 1. The lowest BCUT2D eigenvalue weighted by Crippen LogP contribution is -2.39. The maximum Gasteiger partial charge on any atom is 0.323 e. The first kappa shape index (κ1) is 19.1. The standard InChI is InChI=1S/C19H25N3O5/c1-12-7-13(2)10-20(9-12)16-6-3-14(8-17(16)22(26)27)19(25)21(11-18(23)24)15-4-5-15/h3,6,8,12-13,15H,4-5,7,9-11H2,1-2H3,(H,23,24). The molecule has 2 aliphatic rings. The Labute approximate surface area is 157 Å². The minimum atomic E-state index is -1.09. The number of nitro groups is 1. The Balaban J connectivity index is 1.90. The Morgan fingerprint density at radius 3 is 2.41 bits per heavy atom. The third-order valence-electron chi connectivity index (χ3n) is 5.18. The van der Waals surface area contributed by atoms with Crippen LogP contribution < -0.4 is 4.90 Å². The van der Waals surface area contributed by atoms with Crippen LogP contribution in [0.1, 0.15) is 43.5 Å². The van der Waals surface area contributed by atoms with Gasteiger partial charge in [-0.25, -0.2) is 0 Å². The molecule has 0 aromatic heterocycles. The number of benzene rings is 1. The lowest BCUT2D eigenvalue weighted by Gasteiger charge is -2.36. The number of piperidine rings is 1. The van der Waals surface area contributed by atoms with Gasteiger partial charge in [-0.3, -0.25) is 19.7 Å². The van der Waals surface area contributed by atoms with Crippen molar-refractivity contribution in [3.8, 4) is 0 Å². The maximum atomic E-state index is 12.8. The zero-order valence-corrected chi connectivity index (χ0v) is 15.6. The summed E-state index contributed by atoms with van der Waals surface area (Å²) in [5.74, 6) is -0.668. The van der Waals surface area contributed by atoms with Gasteiger partial charge in [0.2, 0.25) is 0 Å². The van der Waals surface area contributed by atoms with Crippen LogP contribution in [0.4, 0.5) is 11.4 Å². The van der Waals surface area contributed by atoms with Gasteiger partial charge in [0.15, 0.2) is 0 Å². The Bertz CT molecular complexity index is 752. The molecule has 2 fully saturated rings.